The van der Waals surface area contributed by atoms with Gasteiger partial charge in [-0.25, -0.2) is 0 Å². The zero-order valence-electron chi connectivity index (χ0n) is 9.88. The number of nitrogens with zero attached hydrogens (tertiary/aromatic N) is 3. The normalized spacial score (nSPS) is 12.2. The van der Waals surface area contributed by atoms with Crippen LogP contribution in [0.1, 0.15) is 17.3 Å². The SMILES string of the molecule is COc1ccc(C(N)Cc2ccncc2Cl)nn1. The number of ether oxygens (including phenoxy) is 1. The molecule has 2 rings (SSSR count). The van der Waals surface area contributed by atoms with Gasteiger partial charge in [0.25, 0.3) is 0 Å². The molecule has 0 amide bonds. The van der Waals surface area contributed by atoms with Gasteiger partial charge in [0.1, 0.15) is 0 Å². The zero-order chi connectivity index (χ0) is 13.0. The van der Waals surface area contributed by atoms with Gasteiger partial charge >= 0.3 is 0 Å². The highest BCUT2D eigenvalue weighted by Crippen LogP contribution is 2.20. The highest BCUT2D eigenvalue weighted by molar-refractivity contribution is 6.31. The molecule has 0 radical (unpaired) electrons. The molecule has 2 N–H and O–H groups in total. The lowest BCUT2D eigenvalue weighted by Crippen LogP contribution is -2.15. The second kappa shape index (κ2) is 5.75. The number of nitrogens with two attached hydrogens (primary N) is 1. The average Bonchev–Trinajstić information content (AvgIpc) is 2.41. The Morgan fingerprint density at radius 3 is 2.78 bits per heavy atom. The second-order valence-corrected chi connectivity index (χ2v) is 4.19. The Kier molecular flexibility index (Phi) is 4.07. The zero-order valence-corrected chi connectivity index (χ0v) is 10.6. The van der Waals surface area contributed by atoms with Gasteiger partial charge in [0.2, 0.25) is 5.88 Å². The first kappa shape index (κ1) is 12.7. The van der Waals surface area contributed by atoms with Crippen LogP contribution in [0, 0.1) is 0 Å². The lowest BCUT2D eigenvalue weighted by atomic mass is 10.1. The molecular formula is C12H13ClN4O. The molecule has 0 saturated heterocycles. The Hall–Kier alpha value is -1.72. The van der Waals surface area contributed by atoms with Crippen LogP contribution in [0.4, 0.5) is 0 Å². The van der Waals surface area contributed by atoms with E-state index in [4.69, 9.17) is 22.1 Å². The van der Waals surface area contributed by atoms with E-state index in [1.165, 1.54) is 0 Å². The minimum absolute atomic E-state index is 0.261. The van der Waals surface area contributed by atoms with Gasteiger partial charge in [0.05, 0.1) is 23.9 Å². The van der Waals surface area contributed by atoms with Gasteiger partial charge in [-0.15, -0.1) is 5.10 Å². The Labute approximate surface area is 110 Å². The summed E-state index contributed by atoms with van der Waals surface area (Å²) in [5.41, 5.74) is 7.70. The molecule has 0 aromatic carbocycles. The lowest BCUT2D eigenvalue weighted by molar-refractivity contribution is 0.390. The van der Waals surface area contributed by atoms with E-state index < -0.39 is 0 Å². The van der Waals surface area contributed by atoms with Gasteiger partial charge in [0, 0.05) is 18.5 Å². The third-order valence-electron chi connectivity index (χ3n) is 2.55. The van der Waals surface area contributed by atoms with Gasteiger partial charge in [-0.05, 0) is 24.1 Å². The summed E-state index contributed by atoms with van der Waals surface area (Å²) < 4.78 is 4.94. The molecule has 0 aliphatic rings. The van der Waals surface area contributed by atoms with E-state index in [-0.39, 0.29) is 6.04 Å². The average molecular weight is 265 g/mol. The molecule has 2 aromatic heterocycles. The van der Waals surface area contributed by atoms with Crippen LogP contribution in [0.3, 0.4) is 0 Å². The molecule has 94 valence electrons. The fourth-order valence-corrected chi connectivity index (χ4v) is 1.74. The van der Waals surface area contributed by atoms with Crippen molar-refractivity contribution in [2.75, 3.05) is 7.11 Å². The minimum Gasteiger partial charge on any atom is -0.480 e. The van der Waals surface area contributed by atoms with Gasteiger partial charge in [-0.1, -0.05) is 11.6 Å². The Bertz CT molecular complexity index is 518. The molecule has 0 aliphatic heterocycles. The molecule has 18 heavy (non-hydrogen) atoms. The monoisotopic (exact) mass is 264 g/mol. The van der Waals surface area contributed by atoms with Crippen molar-refractivity contribution in [3.05, 3.63) is 46.9 Å². The first-order chi connectivity index (χ1) is 8.70. The summed E-state index contributed by atoms with van der Waals surface area (Å²) >= 11 is 6.03. The maximum Gasteiger partial charge on any atom is 0.233 e. The van der Waals surface area contributed by atoms with Crippen LogP contribution in [0.25, 0.3) is 0 Å². The first-order valence-electron chi connectivity index (χ1n) is 5.42. The number of hydrogen-bond donors (Lipinski definition) is 1. The third kappa shape index (κ3) is 2.94. The molecule has 0 saturated carbocycles. The van der Waals surface area contributed by atoms with Gasteiger partial charge < -0.3 is 10.5 Å². The third-order valence-corrected chi connectivity index (χ3v) is 2.89. The van der Waals surface area contributed by atoms with Crippen LogP contribution in [0.2, 0.25) is 5.02 Å². The fraction of sp³-hybridized carbons (Fsp3) is 0.250. The van der Waals surface area contributed by atoms with E-state index in [0.717, 1.165) is 5.56 Å². The summed E-state index contributed by atoms with van der Waals surface area (Å²) in [6.07, 6.45) is 3.87. The predicted octanol–water partition coefficient (Wildman–Crippen LogP) is 1.78. The molecule has 5 nitrogen and oxygen atoms in total. The minimum atomic E-state index is -0.261. The molecule has 1 atom stereocenters. The van der Waals surface area contributed by atoms with Crippen molar-refractivity contribution < 1.29 is 4.74 Å². The Morgan fingerprint density at radius 2 is 2.17 bits per heavy atom. The summed E-state index contributed by atoms with van der Waals surface area (Å²) in [4.78, 5) is 3.93. The standard InChI is InChI=1S/C12H13ClN4O/c1-18-12-3-2-11(16-17-12)10(14)6-8-4-5-15-7-9(8)13/h2-5,7,10H,6,14H2,1H3. The van der Waals surface area contributed by atoms with Gasteiger partial charge in [0.15, 0.2) is 0 Å². The van der Waals surface area contributed by atoms with Crippen LogP contribution in [0.5, 0.6) is 5.88 Å². The van der Waals surface area contributed by atoms with Crippen LogP contribution in [-0.4, -0.2) is 22.3 Å². The van der Waals surface area contributed by atoms with E-state index >= 15 is 0 Å². The molecule has 6 heteroatoms. The smallest absolute Gasteiger partial charge is 0.233 e. The van der Waals surface area contributed by atoms with Crippen molar-refractivity contribution in [2.45, 2.75) is 12.5 Å². The molecule has 2 aromatic rings. The van der Waals surface area contributed by atoms with E-state index in [1.807, 2.05) is 6.07 Å². The van der Waals surface area contributed by atoms with Gasteiger partial charge in [-0.2, -0.15) is 5.10 Å². The molecule has 2 heterocycles. The van der Waals surface area contributed by atoms with Crippen LogP contribution >= 0.6 is 11.6 Å². The van der Waals surface area contributed by atoms with E-state index in [2.05, 4.69) is 15.2 Å². The van der Waals surface area contributed by atoms with Crippen molar-refractivity contribution >= 4 is 11.6 Å². The van der Waals surface area contributed by atoms with E-state index in [1.54, 1.807) is 31.6 Å². The summed E-state index contributed by atoms with van der Waals surface area (Å²) in [5, 5.41) is 8.51. The highest BCUT2D eigenvalue weighted by atomic mass is 35.5. The highest BCUT2D eigenvalue weighted by Gasteiger charge is 2.11. The molecule has 0 aliphatic carbocycles. The van der Waals surface area contributed by atoms with Crippen molar-refractivity contribution in [1.29, 1.82) is 0 Å². The maximum atomic E-state index is 6.07. The number of aromatic nitrogens is 3. The van der Waals surface area contributed by atoms with E-state index in [0.29, 0.717) is 23.0 Å². The maximum absolute atomic E-state index is 6.07. The topological polar surface area (TPSA) is 73.9 Å². The van der Waals surface area contributed by atoms with E-state index in [9.17, 15) is 0 Å². The lowest BCUT2D eigenvalue weighted by Gasteiger charge is -2.11. The Balaban J connectivity index is 2.11. The van der Waals surface area contributed by atoms with Crippen molar-refractivity contribution in [3.63, 3.8) is 0 Å². The summed E-state index contributed by atoms with van der Waals surface area (Å²) in [5.74, 6) is 0.466. The second-order valence-electron chi connectivity index (χ2n) is 3.78. The summed E-state index contributed by atoms with van der Waals surface area (Å²) in [7, 11) is 1.54. The van der Waals surface area contributed by atoms with Gasteiger partial charge in [-0.3, -0.25) is 4.98 Å². The number of methoxy groups -OCH3 is 1. The van der Waals surface area contributed by atoms with Crippen molar-refractivity contribution in [2.24, 2.45) is 5.73 Å². The Morgan fingerprint density at radius 1 is 1.33 bits per heavy atom. The molecule has 0 bridgehead atoms. The summed E-state index contributed by atoms with van der Waals surface area (Å²) in [6, 6.07) is 5.12. The van der Waals surface area contributed by atoms with Crippen molar-refractivity contribution in [3.8, 4) is 5.88 Å². The number of halogens is 1. The fourth-order valence-electron chi connectivity index (χ4n) is 1.55. The molecule has 0 fully saturated rings. The van der Waals surface area contributed by atoms with Crippen LogP contribution < -0.4 is 10.5 Å². The van der Waals surface area contributed by atoms with Crippen LogP contribution in [0.15, 0.2) is 30.6 Å². The predicted molar refractivity (Wildman–Crippen MR) is 68.5 cm³/mol. The largest absolute Gasteiger partial charge is 0.480 e. The number of hydrogen-bond acceptors (Lipinski definition) is 5. The number of pyridine rings is 1. The number of rotatable bonds is 4. The molecule has 1 unspecified atom stereocenters. The van der Waals surface area contributed by atoms with Crippen molar-refractivity contribution in [1.82, 2.24) is 15.2 Å². The first-order valence-corrected chi connectivity index (χ1v) is 5.80. The molecule has 0 spiro atoms. The quantitative estimate of drug-likeness (QED) is 0.911. The molecular weight excluding hydrogens is 252 g/mol. The summed E-state index contributed by atoms with van der Waals surface area (Å²) in [6.45, 7) is 0. The van der Waals surface area contributed by atoms with Crippen LogP contribution in [-0.2, 0) is 6.42 Å².